The topological polar surface area (TPSA) is 83.8 Å². The maximum absolute atomic E-state index is 10.1. The van der Waals surface area contributed by atoms with Crippen molar-refractivity contribution in [2.45, 2.75) is 58.8 Å². The van der Waals surface area contributed by atoms with Gasteiger partial charge in [0.2, 0.25) is 0 Å². The van der Waals surface area contributed by atoms with Crippen LogP contribution in [0.1, 0.15) is 58.8 Å². The molecule has 0 bridgehead atoms. The predicted octanol–water partition coefficient (Wildman–Crippen LogP) is 2.93. The van der Waals surface area contributed by atoms with Crippen molar-refractivity contribution in [2.24, 2.45) is 0 Å². The van der Waals surface area contributed by atoms with Crippen LogP contribution in [0.4, 0.5) is 0 Å². The fourth-order valence-corrected chi connectivity index (χ4v) is 1.29. The summed E-state index contributed by atoms with van der Waals surface area (Å²) in [5, 5.41) is 16.6. The average Bonchev–Trinajstić information content (AvgIpc) is 2.29. The third kappa shape index (κ3) is 24.2. The molecule has 0 fully saturated rings. The second-order valence-corrected chi connectivity index (χ2v) is 3.84. The second-order valence-electron chi connectivity index (χ2n) is 3.84. The van der Waals surface area contributed by atoms with Gasteiger partial charge < -0.3 is 14.9 Å². The molecule has 5 nitrogen and oxygen atoms in total. The van der Waals surface area contributed by atoms with Crippen LogP contribution < -0.4 is 0 Å². The lowest BCUT2D eigenvalue weighted by atomic mass is 10.1. The lowest BCUT2D eigenvalue weighted by Gasteiger charge is -1.97. The summed E-state index contributed by atoms with van der Waals surface area (Å²) in [6.07, 6.45) is 4.53. The minimum Gasteiger partial charge on any atom is -0.481 e. The quantitative estimate of drug-likeness (QED) is 0.591. The van der Waals surface area contributed by atoms with E-state index in [1.165, 1.54) is 0 Å². The third-order valence-electron chi connectivity index (χ3n) is 2.19. The summed E-state index contributed by atoms with van der Waals surface area (Å²) in [5.41, 5.74) is 0. The van der Waals surface area contributed by atoms with Gasteiger partial charge in [-0.05, 0) is 26.7 Å². The standard InChI is InChI=1S/C9H16O4.C4H10O/c10-8(11)6-4-2-1-3-5-7-9(12)13;1-3-5-4-2/h1-7H2,(H,10,11)(H,12,13);3-4H2,1-2H3. The first-order valence-corrected chi connectivity index (χ1v) is 6.55. The molecule has 0 spiro atoms. The number of rotatable bonds is 10. The fraction of sp³-hybridized carbons (Fsp3) is 0.846. The molecule has 18 heavy (non-hydrogen) atoms. The maximum atomic E-state index is 10.1. The molecule has 0 saturated heterocycles. The van der Waals surface area contributed by atoms with Gasteiger partial charge in [0.1, 0.15) is 0 Å². The summed E-state index contributed by atoms with van der Waals surface area (Å²) in [4.78, 5) is 20.2. The molecule has 0 saturated carbocycles. The van der Waals surface area contributed by atoms with Crippen LogP contribution >= 0.6 is 0 Å². The Balaban J connectivity index is 0. The monoisotopic (exact) mass is 262 g/mol. The lowest BCUT2D eigenvalue weighted by Crippen LogP contribution is -1.95. The van der Waals surface area contributed by atoms with Crippen LogP contribution in [0, 0.1) is 0 Å². The zero-order valence-electron chi connectivity index (χ0n) is 11.5. The van der Waals surface area contributed by atoms with Crippen molar-refractivity contribution in [1.82, 2.24) is 0 Å². The predicted molar refractivity (Wildman–Crippen MR) is 69.8 cm³/mol. The molecular weight excluding hydrogens is 236 g/mol. The Morgan fingerprint density at radius 1 is 0.778 bits per heavy atom. The Morgan fingerprint density at radius 2 is 1.11 bits per heavy atom. The highest BCUT2D eigenvalue weighted by Crippen LogP contribution is 2.06. The number of carbonyl (C=O) groups is 2. The van der Waals surface area contributed by atoms with Crippen molar-refractivity contribution in [1.29, 1.82) is 0 Å². The van der Waals surface area contributed by atoms with Crippen LogP contribution in [0.25, 0.3) is 0 Å². The maximum Gasteiger partial charge on any atom is 0.303 e. The molecule has 0 aliphatic carbocycles. The van der Waals surface area contributed by atoms with Crippen LogP contribution in [0.15, 0.2) is 0 Å². The van der Waals surface area contributed by atoms with Gasteiger partial charge in [-0.2, -0.15) is 0 Å². The van der Waals surface area contributed by atoms with Gasteiger partial charge >= 0.3 is 11.9 Å². The molecule has 0 heterocycles. The van der Waals surface area contributed by atoms with Gasteiger partial charge in [-0.3, -0.25) is 9.59 Å². The largest absolute Gasteiger partial charge is 0.481 e. The number of carboxylic acid groups (broad SMARTS) is 2. The van der Waals surface area contributed by atoms with Gasteiger partial charge in [-0.25, -0.2) is 0 Å². The molecule has 0 radical (unpaired) electrons. The Kier molecular flexibility index (Phi) is 17.0. The first-order valence-electron chi connectivity index (χ1n) is 6.55. The highest BCUT2D eigenvalue weighted by Gasteiger charge is 1.98. The average molecular weight is 262 g/mol. The van der Waals surface area contributed by atoms with E-state index in [0.29, 0.717) is 12.8 Å². The van der Waals surface area contributed by atoms with Gasteiger partial charge in [0.05, 0.1) is 0 Å². The van der Waals surface area contributed by atoms with Gasteiger partial charge in [0.15, 0.2) is 0 Å². The summed E-state index contributed by atoms with van der Waals surface area (Å²) >= 11 is 0. The molecule has 0 aliphatic rings. The number of hydrogen-bond acceptors (Lipinski definition) is 3. The summed E-state index contributed by atoms with van der Waals surface area (Å²) in [7, 11) is 0. The Bertz CT molecular complexity index is 184. The van der Waals surface area contributed by atoms with E-state index in [1.54, 1.807) is 0 Å². The van der Waals surface area contributed by atoms with Gasteiger partial charge in [-0.1, -0.05) is 19.3 Å². The molecule has 108 valence electrons. The first kappa shape index (κ1) is 19.2. The van der Waals surface area contributed by atoms with Crippen molar-refractivity contribution >= 4 is 11.9 Å². The number of hydrogen-bond donors (Lipinski definition) is 2. The van der Waals surface area contributed by atoms with E-state index in [4.69, 9.17) is 14.9 Å². The highest BCUT2D eigenvalue weighted by molar-refractivity contribution is 5.66. The number of carboxylic acids is 2. The molecule has 0 aromatic rings. The highest BCUT2D eigenvalue weighted by atomic mass is 16.5. The van der Waals surface area contributed by atoms with Gasteiger partial charge in [0, 0.05) is 26.1 Å². The van der Waals surface area contributed by atoms with E-state index in [2.05, 4.69) is 0 Å². The summed E-state index contributed by atoms with van der Waals surface area (Å²) in [5.74, 6) is -1.52. The molecule has 2 N–H and O–H groups in total. The van der Waals surface area contributed by atoms with Crippen molar-refractivity contribution in [3.8, 4) is 0 Å². The first-order chi connectivity index (χ1) is 8.54. The zero-order chi connectivity index (χ0) is 14.2. The van der Waals surface area contributed by atoms with Crippen LogP contribution in [0.5, 0.6) is 0 Å². The van der Waals surface area contributed by atoms with E-state index in [0.717, 1.165) is 32.5 Å². The number of aliphatic carboxylic acids is 2. The smallest absolute Gasteiger partial charge is 0.303 e. The van der Waals surface area contributed by atoms with Gasteiger partial charge in [0.25, 0.3) is 0 Å². The van der Waals surface area contributed by atoms with Crippen molar-refractivity contribution in [2.75, 3.05) is 13.2 Å². The molecule has 0 rings (SSSR count). The Morgan fingerprint density at radius 3 is 1.33 bits per heavy atom. The number of ether oxygens (including phenoxy) is 1. The van der Waals surface area contributed by atoms with Gasteiger partial charge in [-0.15, -0.1) is 0 Å². The normalized spacial score (nSPS) is 9.44. The SMILES string of the molecule is CCOCC.O=C(O)CCCCCCCC(=O)O. The fourth-order valence-electron chi connectivity index (χ4n) is 1.29. The van der Waals surface area contributed by atoms with E-state index >= 15 is 0 Å². The third-order valence-corrected chi connectivity index (χ3v) is 2.19. The minimum atomic E-state index is -0.759. The second kappa shape index (κ2) is 15.9. The molecule has 0 unspecified atom stereocenters. The Labute approximate surface area is 109 Å². The lowest BCUT2D eigenvalue weighted by molar-refractivity contribution is -0.138. The summed E-state index contributed by atoms with van der Waals surface area (Å²) in [6.45, 7) is 5.67. The molecule has 0 aromatic carbocycles. The number of unbranched alkanes of at least 4 members (excludes halogenated alkanes) is 4. The van der Waals surface area contributed by atoms with Crippen molar-refractivity contribution in [3.63, 3.8) is 0 Å². The summed E-state index contributed by atoms with van der Waals surface area (Å²) < 4.78 is 4.83. The van der Waals surface area contributed by atoms with Crippen LogP contribution in [-0.2, 0) is 14.3 Å². The van der Waals surface area contributed by atoms with Crippen molar-refractivity contribution < 1.29 is 24.5 Å². The van der Waals surface area contributed by atoms with Crippen molar-refractivity contribution in [3.05, 3.63) is 0 Å². The minimum absolute atomic E-state index is 0.221. The van der Waals surface area contributed by atoms with E-state index < -0.39 is 11.9 Å². The van der Waals surface area contributed by atoms with Crippen LogP contribution in [0.2, 0.25) is 0 Å². The molecule has 0 amide bonds. The van der Waals surface area contributed by atoms with E-state index in [9.17, 15) is 9.59 Å². The van der Waals surface area contributed by atoms with E-state index in [1.807, 2.05) is 13.8 Å². The summed E-state index contributed by atoms with van der Waals surface area (Å²) in [6, 6.07) is 0. The van der Waals surface area contributed by atoms with Crippen LogP contribution in [-0.4, -0.2) is 35.4 Å². The molecule has 0 aromatic heterocycles. The van der Waals surface area contributed by atoms with Crippen LogP contribution in [0.3, 0.4) is 0 Å². The molecule has 0 atom stereocenters. The van der Waals surface area contributed by atoms with E-state index in [-0.39, 0.29) is 12.8 Å². The zero-order valence-corrected chi connectivity index (χ0v) is 11.5. The Hall–Kier alpha value is -1.10. The molecular formula is C13H26O5. The molecule has 5 heteroatoms. The molecule has 0 aliphatic heterocycles.